The van der Waals surface area contributed by atoms with Crippen LogP contribution in [0.1, 0.15) is 18.5 Å². The van der Waals surface area contributed by atoms with Gasteiger partial charge in [0.05, 0.1) is 11.8 Å². The van der Waals surface area contributed by atoms with Gasteiger partial charge in [-0.1, -0.05) is 0 Å². The number of aliphatic hydroxyl groups is 1. The average molecular weight is 292 g/mol. The molecule has 1 aliphatic carbocycles. The second-order valence-corrected chi connectivity index (χ2v) is 6.04. The second kappa shape index (κ2) is 5.99. The molecular weight excluding hydrogens is 275 g/mol. The fourth-order valence-electron chi connectivity index (χ4n) is 2.11. The number of nitrogens with one attached hydrogen (secondary N) is 1. The largest absolute Gasteiger partial charge is 0.392 e. The number of nitrogens with zero attached hydrogens (tertiary/aromatic N) is 1. The van der Waals surface area contributed by atoms with Crippen molar-refractivity contribution in [3.05, 3.63) is 41.2 Å². The fourth-order valence-corrected chi connectivity index (χ4v) is 2.93. The Morgan fingerprint density at radius 3 is 2.80 bits per heavy atom. The van der Waals surface area contributed by atoms with E-state index < -0.39 is 0 Å². The van der Waals surface area contributed by atoms with Gasteiger partial charge in [0.15, 0.2) is 0 Å². The molecule has 106 valence electrons. The number of thiazole rings is 1. The van der Waals surface area contributed by atoms with Crippen molar-refractivity contribution >= 4 is 11.3 Å². The average Bonchev–Trinajstić information content (AvgIpc) is 3.20. The molecule has 3 nitrogen and oxygen atoms in total. The van der Waals surface area contributed by atoms with Crippen LogP contribution in [-0.4, -0.2) is 22.7 Å². The lowest BCUT2D eigenvalue weighted by atomic mass is 10.2. The molecule has 1 unspecified atom stereocenters. The topological polar surface area (TPSA) is 45.1 Å². The Balaban J connectivity index is 1.54. The SMILES string of the molecule is OC(CNCc1csc(-c2ccc(F)cc2)n1)C1CC1. The molecule has 1 heterocycles. The summed E-state index contributed by atoms with van der Waals surface area (Å²) < 4.78 is 12.9. The summed E-state index contributed by atoms with van der Waals surface area (Å²) in [5, 5.41) is 15.9. The van der Waals surface area contributed by atoms with Gasteiger partial charge in [0.1, 0.15) is 10.8 Å². The lowest BCUT2D eigenvalue weighted by molar-refractivity contribution is 0.148. The molecule has 20 heavy (non-hydrogen) atoms. The molecule has 0 bridgehead atoms. The quantitative estimate of drug-likeness (QED) is 0.860. The molecule has 0 saturated heterocycles. The lowest BCUT2D eigenvalue weighted by Gasteiger charge is -2.09. The Morgan fingerprint density at radius 1 is 1.35 bits per heavy atom. The predicted octanol–water partition coefficient (Wildman–Crippen LogP) is 2.81. The summed E-state index contributed by atoms with van der Waals surface area (Å²) in [5.74, 6) is 0.258. The van der Waals surface area contributed by atoms with E-state index in [1.165, 1.54) is 12.1 Å². The van der Waals surface area contributed by atoms with E-state index in [-0.39, 0.29) is 11.9 Å². The molecule has 1 saturated carbocycles. The van der Waals surface area contributed by atoms with E-state index in [1.54, 1.807) is 23.5 Å². The standard InChI is InChI=1S/C15H17FN2OS/c16-12-5-3-11(4-6-12)15-18-13(9-20-15)7-17-8-14(19)10-1-2-10/h3-6,9-10,14,17,19H,1-2,7-8H2. The van der Waals surface area contributed by atoms with Gasteiger partial charge in [0.25, 0.3) is 0 Å². The number of hydrogen-bond donors (Lipinski definition) is 2. The normalized spacial score (nSPS) is 16.3. The summed E-state index contributed by atoms with van der Waals surface area (Å²) in [6, 6.07) is 6.37. The Bertz CT molecular complexity index is 566. The van der Waals surface area contributed by atoms with Crippen LogP contribution in [0.15, 0.2) is 29.6 Å². The second-order valence-electron chi connectivity index (χ2n) is 5.19. The number of halogens is 1. The van der Waals surface area contributed by atoms with Crippen LogP contribution in [0, 0.1) is 11.7 Å². The monoisotopic (exact) mass is 292 g/mol. The highest BCUT2D eigenvalue weighted by molar-refractivity contribution is 7.13. The van der Waals surface area contributed by atoms with E-state index in [1.807, 2.05) is 5.38 Å². The molecular formula is C15H17FN2OS. The van der Waals surface area contributed by atoms with E-state index in [0.717, 1.165) is 29.1 Å². The number of benzene rings is 1. The molecule has 1 aromatic heterocycles. The summed E-state index contributed by atoms with van der Waals surface area (Å²) in [5.41, 5.74) is 1.89. The first-order chi connectivity index (χ1) is 9.72. The van der Waals surface area contributed by atoms with E-state index in [9.17, 15) is 9.50 Å². The Kier molecular flexibility index (Phi) is 4.10. The van der Waals surface area contributed by atoms with Crippen molar-refractivity contribution in [3.8, 4) is 10.6 Å². The lowest BCUT2D eigenvalue weighted by Crippen LogP contribution is -2.27. The van der Waals surface area contributed by atoms with E-state index in [0.29, 0.717) is 19.0 Å². The zero-order valence-corrected chi connectivity index (χ0v) is 11.9. The molecule has 1 fully saturated rings. The molecule has 0 aliphatic heterocycles. The van der Waals surface area contributed by atoms with Crippen molar-refractivity contribution < 1.29 is 9.50 Å². The van der Waals surface area contributed by atoms with Crippen LogP contribution in [0.4, 0.5) is 4.39 Å². The molecule has 3 rings (SSSR count). The third kappa shape index (κ3) is 3.42. The summed E-state index contributed by atoms with van der Waals surface area (Å²) in [4.78, 5) is 4.52. The number of hydrogen-bond acceptors (Lipinski definition) is 4. The van der Waals surface area contributed by atoms with Gasteiger partial charge in [-0.05, 0) is 43.0 Å². The molecule has 2 N–H and O–H groups in total. The first kappa shape index (κ1) is 13.7. The van der Waals surface area contributed by atoms with Crippen molar-refractivity contribution in [2.45, 2.75) is 25.5 Å². The zero-order chi connectivity index (χ0) is 13.9. The predicted molar refractivity (Wildman–Crippen MR) is 77.9 cm³/mol. The summed E-state index contributed by atoms with van der Waals surface area (Å²) in [7, 11) is 0. The van der Waals surface area contributed by atoms with Crippen LogP contribution in [-0.2, 0) is 6.54 Å². The van der Waals surface area contributed by atoms with E-state index in [4.69, 9.17) is 0 Å². The molecule has 1 atom stereocenters. The Hall–Kier alpha value is -1.30. The smallest absolute Gasteiger partial charge is 0.123 e. The van der Waals surface area contributed by atoms with Gasteiger partial charge in [-0.25, -0.2) is 9.37 Å². The van der Waals surface area contributed by atoms with Crippen molar-refractivity contribution in [3.63, 3.8) is 0 Å². The third-order valence-electron chi connectivity index (χ3n) is 3.47. The van der Waals surface area contributed by atoms with Gasteiger partial charge >= 0.3 is 0 Å². The van der Waals surface area contributed by atoms with E-state index >= 15 is 0 Å². The maximum atomic E-state index is 12.9. The minimum atomic E-state index is -0.235. The van der Waals surface area contributed by atoms with Crippen LogP contribution in [0.2, 0.25) is 0 Å². The van der Waals surface area contributed by atoms with Crippen molar-refractivity contribution in [1.82, 2.24) is 10.3 Å². The Morgan fingerprint density at radius 2 is 2.10 bits per heavy atom. The Labute approximate surface area is 121 Å². The molecule has 2 aromatic rings. The highest BCUT2D eigenvalue weighted by atomic mass is 32.1. The van der Waals surface area contributed by atoms with Gasteiger partial charge in [-0.2, -0.15) is 0 Å². The fraction of sp³-hybridized carbons (Fsp3) is 0.400. The maximum absolute atomic E-state index is 12.9. The zero-order valence-electron chi connectivity index (χ0n) is 11.1. The van der Waals surface area contributed by atoms with Crippen LogP contribution in [0.25, 0.3) is 10.6 Å². The minimum Gasteiger partial charge on any atom is -0.392 e. The molecule has 0 spiro atoms. The van der Waals surface area contributed by atoms with Crippen LogP contribution in [0.5, 0.6) is 0 Å². The van der Waals surface area contributed by atoms with Gasteiger partial charge < -0.3 is 10.4 Å². The summed E-state index contributed by atoms with van der Waals surface area (Å²) in [6.07, 6.45) is 2.06. The van der Waals surface area contributed by atoms with Gasteiger partial charge in [-0.3, -0.25) is 0 Å². The highest BCUT2D eigenvalue weighted by Gasteiger charge is 2.29. The highest BCUT2D eigenvalue weighted by Crippen LogP contribution is 2.32. The molecule has 1 aliphatic rings. The van der Waals surface area contributed by atoms with Crippen LogP contribution in [0.3, 0.4) is 0 Å². The van der Waals surface area contributed by atoms with Gasteiger partial charge in [0.2, 0.25) is 0 Å². The van der Waals surface area contributed by atoms with Crippen molar-refractivity contribution in [2.24, 2.45) is 5.92 Å². The summed E-state index contributed by atoms with van der Waals surface area (Å²) >= 11 is 1.55. The minimum absolute atomic E-state index is 0.231. The number of aromatic nitrogens is 1. The van der Waals surface area contributed by atoms with Crippen LogP contribution >= 0.6 is 11.3 Å². The van der Waals surface area contributed by atoms with Gasteiger partial charge in [0, 0.05) is 24.0 Å². The maximum Gasteiger partial charge on any atom is 0.123 e. The number of rotatable bonds is 6. The molecule has 5 heteroatoms. The van der Waals surface area contributed by atoms with Crippen LogP contribution < -0.4 is 5.32 Å². The molecule has 0 amide bonds. The first-order valence-electron chi connectivity index (χ1n) is 6.81. The summed E-state index contributed by atoms with van der Waals surface area (Å²) in [6.45, 7) is 1.27. The van der Waals surface area contributed by atoms with Gasteiger partial charge in [-0.15, -0.1) is 11.3 Å². The molecule has 1 aromatic carbocycles. The van der Waals surface area contributed by atoms with E-state index in [2.05, 4.69) is 10.3 Å². The van der Waals surface area contributed by atoms with Crippen molar-refractivity contribution in [2.75, 3.05) is 6.54 Å². The first-order valence-corrected chi connectivity index (χ1v) is 7.69. The van der Waals surface area contributed by atoms with Crippen molar-refractivity contribution in [1.29, 1.82) is 0 Å². The third-order valence-corrected chi connectivity index (χ3v) is 4.41. The number of aliphatic hydroxyl groups excluding tert-OH is 1. The molecule has 0 radical (unpaired) electrons.